The molecule has 2 aromatic heterocycles. The topological polar surface area (TPSA) is 46.8 Å². The summed E-state index contributed by atoms with van der Waals surface area (Å²) in [6.07, 6.45) is 7.43. The Bertz CT molecular complexity index is 615. The van der Waals surface area contributed by atoms with Crippen molar-refractivity contribution >= 4 is 11.6 Å². The first-order valence-corrected chi connectivity index (χ1v) is 7.05. The number of rotatable bonds is 4. The van der Waals surface area contributed by atoms with Gasteiger partial charge in [0.15, 0.2) is 5.65 Å². The van der Waals surface area contributed by atoms with Gasteiger partial charge in [-0.25, -0.2) is 9.78 Å². The molecule has 3 rings (SSSR count). The number of likely N-dealkylation sites (tertiary alicyclic amines) is 1. The van der Waals surface area contributed by atoms with Gasteiger partial charge in [-0.05, 0) is 38.1 Å². The van der Waals surface area contributed by atoms with Crippen molar-refractivity contribution in [3.05, 3.63) is 35.8 Å². The lowest BCUT2D eigenvalue weighted by Crippen LogP contribution is -2.22. The zero-order valence-electron chi connectivity index (χ0n) is 11.7. The van der Waals surface area contributed by atoms with Crippen LogP contribution in [0.5, 0.6) is 0 Å². The van der Waals surface area contributed by atoms with Gasteiger partial charge in [0.25, 0.3) is 0 Å². The highest BCUT2D eigenvalue weighted by molar-refractivity contribution is 5.95. The normalized spacial score (nSPS) is 15.8. The molecule has 20 heavy (non-hydrogen) atoms. The first-order chi connectivity index (χ1) is 9.78. The van der Waals surface area contributed by atoms with E-state index in [4.69, 9.17) is 4.74 Å². The predicted octanol–water partition coefficient (Wildman–Crippen LogP) is 1.76. The molecule has 1 saturated heterocycles. The Labute approximate surface area is 118 Å². The van der Waals surface area contributed by atoms with Crippen molar-refractivity contribution in [2.75, 3.05) is 26.7 Å². The van der Waals surface area contributed by atoms with E-state index in [1.807, 2.05) is 22.9 Å². The Hall–Kier alpha value is -1.88. The van der Waals surface area contributed by atoms with Crippen molar-refractivity contribution in [1.82, 2.24) is 14.3 Å². The first-order valence-electron chi connectivity index (χ1n) is 7.05. The lowest BCUT2D eigenvalue weighted by atomic mass is 10.3. The van der Waals surface area contributed by atoms with E-state index in [1.54, 1.807) is 6.07 Å². The van der Waals surface area contributed by atoms with Crippen molar-refractivity contribution in [3.8, 4) is 0 Å². The molecule has 0 N–H and O–H groups in total. The maximum atomic E-state index is 11.7. The van der Waals surface area contributed by atoms with Crippen LogP contribution in [0.25, 0.3) is 5.65 Å². The van der Waals surface area contributed by atoms with Gasteiger partial charge in [0, 0.05) is 25.4 Å². The van der Waals surface area contributed by atoms with Crippen LogP contribution in [0.4, 0.5) is 0 Å². The number of nitrogens with zero attached hydrogens (tertiary/aromatic N) is 3. The van der Waals surface area contributed by atoms with Crippen LogP contribution in [0.2, 0.25) is 0 Å². The monoisotopic (exact) mass is 273 g/mol. The number of methoxy groups -OCH3 is 1. The molecule has 1 aliphatic heterocycles. The molecule has 0 spiro atoms. The number of ether oxygens (including phenoxy) is 1. The molecule has 5 nitrogen and oxygen atoms in total. The fourth-order valence-electron chi connectivity index (χ4n) is 2.73. The molecule has 106 valence electrons. The summed E-state index contributed by atoms with van der Waals surface area (Å²) < 4.78 is 6.69. The maximum absolute atomic E-state index is 11.7. The molecule has 1 fully saturated rings. The summed E-state index contributed by atoms with van der Waals surface area (Å²) in [5, 5.41) is 0. The summed E-state index contributed by atoms with van der Waals surface area (Å²) in [7, 11) is 1.39. The van der Waals surface area contributed by atoms with Gasteiger partial charge in [-0.1, -0.05) is 0 Å². The summed E-state index contributed by atoms with van der Waals surface area (Å²) in [5.41, 5.74) is 2.21. The van der Waals surface area contributed by atoms with E-state index < -0.39 is 0 Å². The molecular weight excluding hydrogens is 254 g/mol. The van der Waals surface area contributed by atoms with E-state index in [0.29, 0.717) is 11.2 Å². The molecule has 0 aliphatic carbocycles. The van der Waals surface area contributed by atoms with Crippen LogP contribution in [0.1, 0.15) is 28.9 Å². The SMILES string of the molecule is COC(=O)c1cccn2cc(CCN3CCCC3)nc12. The third kappa shape index (κ3) is 2.54. The Kier molecular flexibility index (Phi) is 3.69. The molecule has 2 aromatic rings. The molecule has 0 radical (unpaired) electrons. The van der Waals surface area contributed by atoms with E-state index in [2.05, 4.69) is 9.88 Å². The zero-order valence-corrected chi connectivity index (χ0v) is 11.7. The number of carbonyl (C=O) groups excluding carboxylic acids is 1. The number of hydrogen-bond acceptors (Lipinski definition) is 4. The van der Waals surface area contributed by atoms with Gasteiger partial charge in [-0.3, -0.25) is 0 Å². The Balaban J connectivity index is 1.80. The fraction of sp³-hybridized carbons (Fsp3) is 0.467. The number of imidazole rings is 1. The Morgan fingerprint density at radius 2 is 2.20 bits per heavy atom. The molecule has 0 aromatic carbocycles. The Morgan fingerprint density at radius 1 is 1.40 bits per heavy atom. The average Bonchev–Trinajstić information content (AvgIpc) is 3.12. The lowest BCUT2D eigenvalue weighted by Gasteiger charge is -2.12. The molecular formula is C15H19N3O2. The lowest BCUT2D eigenvalue weighted by molar-refractivity contribution is 0.0602. The van der Waals surface area contributed by atoms with Gasteiger partial charge < -0.3 is 14.0 Å². The van der Waals surface area contributed by atoms with Crippen molar-refractivity contribution in [1.29, 1.82) is 0 Å². The number of hydrogen-bond donors (Lipinski definition) is 0. The minimum absolute atomic E-state index is 0.340. The second kappa shape index (κ2) is 5.63. The average molecular weight is 273 g/mol. The maximum Gasteiger partial charge on any atom is 0.341 e. The van der Waals surface area contributed by atoms with E-state index in [-0.39, 0.29) is 5.97 Å². The highest BCUT2D eigenvalue weighted by atomic mass is 16.5. The molecule has 0 saturated carbocycles. The number of esters is 1. The van der Waals surface area contributed by atoms with E-state index in [0.717, 1.165) is 18.7 Å². The largest absolute Gasteiger partial charge is 0.465 e. The third-order valence-corrected chi connectivity index (χ3v) is 3.82. The van der Waals surface area contributed by atoms with E-state index >= 15 is 0 Å². The molecule has 0 unspecified atom stereocenters. The van der Waals surface area contributed by atoms with Crippen molar-refractivity contribution in [2.45, 2.75) is 19.3 Å². The number of carbonyl (C=O) groups is 1. The summed E-state index contributed by atoms with van der Waals surface area (Å²) in [6.45, 7) is 3.43. The minimum atomic E-state index is -0.340. The summed E-state index contributed by atoms with van der Waals surface area (Å²) in [6, 6.07) is 3.59. The summed E-state index contributed by atoms with van der Waals surface area (Å²) in [4.78, 5) is 18.8. The summed E-state index contributed by atoms with van der Waals surface area (Å²) >= 11 is 0. The number of pyridine rings is 1. The standard InChI is InChI=1S/C15H19N3O2/c1-20-15(19)13-5-4-9-18-11-12(16-14(13)18)6-10-17-7-2-3-8-17/h4-5,9,11H,2-3,6-8,10H2,1H3. The number of aromatic nitrogens is 2. The Morgan fingerprint density at radius 3 is 2.95 bits per heavy atom. The van der Waals surface area contributed by atoms with Crippen molar-refractivity contribution in [3.63, 3.8) is 0 Å². The van der Waals surface area contributed by atoms with Gasteiger partial charge >= 0.3 is 5.97 Å². The smallest absolute Gasteiger partial charge is 0.341 e. The van der Waals surface area contributed by atoms with Crippen molar-refractivity contribution in [2.24, 2.45) is 0 Å². The van der Waals surface area contributed by atoms with E-state index in [1.165, 1.54) is 33.0 Å². The quantitative estimate of drug-likeness (QED) is 0.796. The summed E-state index contributed by atoms with van der Waals surface area (Å²) in [5.74, 6) is -0.340. The fourth-order valence-corrected chi connectivity index (χ4v) is 2.73. The van der Waals surface area contributed by atoms with Crippen LogP contribution in [0.3, 0.4) is 0 Å². The molecule has 0 bridgehead atoms. The molecule has 0 amide bonds. The second-order valence-corrected chi connectivity index (χ2v) is 5.18. The van der Waals surface area contributed by atoms with Crippen molar-refractivity contribution < 1.29 is 9.53 Å². The van der Waals surface area contributed by atoms with Gasteiger partial charge in [-0.2, -0.15) is 0 Å². The number of fused-ring (bicyclic) bond motifs is 1. The van der Waals surface area contributed by atoms with Gasteiger partial charge in [-0.15, -0.1) is 0 Å². The zero-order chi connectivity index (χ0) is 13.9. The first kappa shape index (κ1) is 13.1. The van der Waals surface area contributed by atoms with Gasteiger partial charge in [0.2, 0.25) is 0 Å². The molecule has 0 atom stereocenters. The highest BCUT2D eigenvalue weighted by Gasteiger charge is 2.15. The van der Waals surface area contributed by atoms with Crippen LogP contribution >= 0.6 is 0 Å². The van der Waals surface area contributed by atoms with Crippen LogP contribution in [0, 0.1) is 0 Å². The molecule has 5 heteroatoms. The second-order valence-electron chi connectivity index (χ2n) is 5.18. The van der Waals surface area contributed by atoms with Crippen LogP contribution < -0.4 is 0 Å². The molecule has 1 aliphatic rings. The van der Waals surface area contributed by atoms with Crippen LogP contribution in [0.15, 0.2) is 24.5 Å². The minimum Gasteiger partial charge on any atom is -0.465 e. The highest BCUT2D eigenvalue weighted by Crippen LogP contribution is 2.14. The van der Waals surface area contributed by atoms with E-state index in [9.17, 15) is 4.79 Å². The molecule has 3 heterocycles. The van der Waals surface area contributed by atoms with Gasteiger partial charge in [0.1, 0.15) is 5.56 Å². The third-order valence-electron chi connectivity index (χ3n) is 3.82. The predicted molar refractivity (Wildman–Crippen MR) is 75.9 cm³/mol. The van der Waals surface area contributed by atoms with Crippen LogP contribution in [-0.2, 0) is 11.2 Å². The van der Waals surface area contributed by atoms with Crippen LogP contribution in [-0.4, -0.2) is 47.0 Å². The van der Waals surface area contributed by atoms with Gasteiger partial charge in [0.05, 0.1) is 12.8 Å².